The molecule has 0 radical (unpaired) electrons. The Morgan fingerprint density at radius 2 is 1.84 bits per heavy atom. The van der Waals surface area contributed by atoms with Crippen LogP contribution in [0.1, 0.15) is 16.9 Å². The number of aromatic nitrogens is 3. The highest BCUT2D eigenvalue weighted by molar-refractivity contribution is 6.16. The summed E-state index contributed by atoms with van der Waals surface area (Å²) in [5, 5.41) is 8.75. The molecular formula is C23H24N4O4. The monoisotopic (exact) mass is 420 g/mol. The second-order valence-electron chi connectivity index (χ2n) is 7.17. The number of rotatable bonds is 7. The van der Waals surface area contributed by atoms with E-state index in [1.807, 2.05) is 35.9 Å². The lowest BCUT2D eigenvalue weighted by atomic mass is 10.1. The van der Waals surface area contributed by atoms with Crippen LogP contribution < -0.4 is 15.6 Å². The fraction of sp³-hybridized carbons (Fsp3) is 0.261. The summed E-state index contributed by atoms with van der Waals surface area (Å²) in [6.45, 7) is 0.991. The molecule has 0 aliphatic carbocycles. The summed E-state index contributed by atoms with van der Waals surface area (Å²) in [6.07, 6.45) is 0.680. The summed E-state index contributed by atoms with van der Waals surface area (Å²) < 4.78 is 13.3. The topological polar surface area (TPSA) is 87.4 Å². The molecule has 1 N–H and O–H groups in total. The van der Waals surface area contributed by atoms with Crippen LogP contribution in [0.25, 0.3) is 27.5 Å². The van der Waals surface area contributed by atoms with Crippen molar-refractivity contribution in [2.24, 2.45) is 7.05 Å². The molecule has 4 rings (SSSR count). The largest absolute Gasteiger partial charge is 0.497 e. The van der Waals surface area contributed by atoms with E-state index in [9.17, 15) is 9.59 Å². The molecule has 2 aromatic heterocycles. The maximum atomic E-state index is 13.4. The van der Waals surface area contributed by atoms with Crippen LogP contribution in [0.3, 0.4) is 0 Å². The first-order valence-electron chi connectivity index (χ1n) is 9.99. The van der Waals surface area contributed by atoms with Crippen molar-refractivity contribution in [3.05, 3.63) is 64.6 Å². The van der Waals surface area contributed by atoms with Crippen LogP contribution in [0.4, 0.5) is 0 Å². The van der Waals surface area contributed by atoms with Crippen LogP contribution in [0.2, 0.25) is 0 Å². The fourth-order valence-corrected chi connectivity index (χ4v) is 3.74. The van der Waals surface area contributed by atoms with Gasteiger partial charge in [-0.2, -0.15) is 9.78 Å². The lowest BCUT2D eigenvalue weighted by Gasteiger charge is -2.11. The van der Waals surface area contributed by atoms with Gasteiger partial charge in [0, 0.05) is 43.6 Å². The molecular weight excluding hydrogens is 396 g/mol. The zero-order valence-electron chi connectivity index (χ0n) is 17.7. The van der Waals surface area contributed by atoms with Crippen molar-refractivity contribution >= 4 is 27.7 Å². The lowest BCUT2D eigenvalue weighted by Crippen LogP contribution is -2.31. The summed E-state index contributed by atoms with van der Waals surface area (Å²) in [5.41, 5.74) is 1.74. The number of carbonyl (C=O) groups is 1. The molecule has 2 aromatic carbocycles. The molecule has 4 aromatic rings. The number of fused-ring (bicyclic) bond motifs is 3. The molecule has 0 saturated carbocycles. The van der Waals surface area contributed by atoms with Crippen molar-refractivity contribution in [1.82, 2.24) is 19.7 Å². The second-order valence-corrected chi connectivity index (χ2v) is 7.17. The number of nitrogens with one attached hydrogen (secondary N) is 1. The van der Waals surface area contributed by atoms with Gasteiger partial charge in [-0.1, -0.05) is 18.2 Å². The van der Waals surface area contributed by atoms with E-state index in [2.05, 4.69) is 10.4 Å². The van der Waals surface area contributed by atoms with E-state index >= 15 is 0 Å². The Morgan fingerprint density at radius 3 is 2.55 bits per heavy atom. The minimum Gasteiger partial charge on any atom is -0.497 e. The van der Waals surface area contributed by atoms with E-state index in [4.69, 9.17) is 9.47 Å². The summed E-state index contributed by atoms with van der Waals surface area (Å²) >= 11 is 0. The molecule has 2 heterocycles. The maximum Gasteiger partial charge on any atom is 0.296 e. The van der Waals surface area contributed by atoms with Crippen LogP contribution >= 0.6 is 0 Å². The lowest BCUT2D eigenvalue weighted by molar-refractivity contribution is 0.0944. The Labute approximate surface area is 179 Å². The highest BCUT2D eigenvalue weighted by Gasteiger charge is 2.23. The summed E-state index contributed by atoms with van der Waals surface area (Å²) in [5.74, 6) is 0.332. The number of para-hydroxylation sites is 1. The average Bonchev–Trinajstić information content (AvgIpc) is 3.10. The smallest absolute Gasteiger partial charge is 0.296 e. The Kier molecular flexibility index (Phi) is 5.73. The number of nitrogens with zero attached hydrogens (tertiary/aromatic N) is 3. The Hall–Kier alpha value is -3.65. The molecule has 0 saturated heterocycles. The van der Waals surface area contributed by atoms with Gasteiger partial charge in [0.2, 0.25) is 0 Å². The molecule has 0 fully saturated rings. The highest BCUT2D eigenvalue weighted by Crippen LogP contribution is 2.28. The van der Waals surface area contributed by atoms with Crippen molar-refractivity contribution in [3.8, 4) is 11.4 Å². The molecule has 8 nitrogen and oxygen atoms in total. The summed E-state index contributed by atoms with van der Waals surface area (Å²) in [7, 11) is 5.02. The highest BCUT2D eigenvalue weighted by atomic mass is 16.5. The number of methoxy groups -OCH3 is 2. The van der Waals surface area contributed by atoms with Crippen molar-refractivity contribution in [2.45, 2.75) is 6.42 Å². The van der Waals surface area contributed by atoms with Crippen LogP contribution in [0, 0.1) is 0 Å². The third-order valence-corrected chi connectivity index (χ3v) is 5.28. The maximum absolute atomic E-state index is 13.4. The molecule has 160 valence electrons. The number of benzene rings is 2. The number of ether oxygens (including phenoxy) is 2. The third kappa shape index (κ3) is 3.66. The SMILES string of the molecule is COCCCNC(=O)c1nn(-c2ccc(OC)cc2)c(=O)c2c1c1ccccc1n2C. The number of aryl methyl sites for hydroxylation is 1. The standard InChI is InChI=1S/C23H24N4O4/c1-26-18-8-5-4-7-17(18)19-20(22(28)24-13-6-14-30-2)25-27(23(29)21(19)26)15-9-11-16(31-3)12-10-15/h4-5,7-12H,6,13-14H2,1-3H3,(H,24,28). The Bertz CT molecular complexity index is 1310. The third-order valence-electron chi connectivity index (χ3n) is 5.28. The second kappa shape index (κ2) is 8.61. The minimum atomic E-state index is -0.334. The number of hydrogen-bond acceptors (Lipinski definition) is 5. The molecule has 0 spiro atoms. The molecule has 1 amide bonds. The van der Waals surface area contributed by atoms with Crippen LogP contribution in [0.15, 0.2) is 53.3 Å². The van der Waals surface area contributed by atoms with Gasteiger partial charge in [0.25, 0.3) is 11.5 Å². The van der Waals surface area contributed by atoms with Gasteiger partial charge in [0.1, 0.15) is 11.3 Å². The van der Waals surface area contributed by atoms with Gasteiger partial charge in [-0.3, -0.25) is 9.59 Å². The normalized spacial score (nSPS) is 11.2. The van der Waals surface area contributed by atoms with Crippen molar-refractivity contribution in [3.63, 3.8) is 0 Å². The van der Waals surface area contributed by atoms with Crippen LogP contribution in [-0.2, 0) is 11.8 Å². The zero-order valence-corrected chi connectivity index (χ0v) is 17.7. The van der Waals surface area contributed by atoms with Crippen molar-refractivity contribution < 1.29 is 14.3 Å². The molecule has 0 aliphatic heterocycles. The molecule has 31 heavy (non-hydrogen) atoms. The minimum absolute atomic E-state index is 0.208. The molecule has 8 heteroatoms. The van der Waals surface area contributed by atoms with Crippen molar-refractivity contribution in [2.75, 3.05) is 27.4 Å². The van der Waals surface area contributed by atoms with E-state index in [-0.39, 0.29) is 17.2 Å². The predicted molar refractivity (Wildman–Crippen MR) is 119 cm³/mol. The van der Waals surface area contributed by atoms with E-state index < -0.39 is 0 Å². The summed E-state index contributed by atoms with van der Waals surface area (Å²) in [6, 6.07) is 14.6. The summed E-state index contributed by atoms with van der Waals surface area (Å²) in [4.78, 5) is 26.6. The molecule has 0 atom stereocenters. The van der Waals surface area contributed by atoms with Gasteiger partial charge in [0.15, 0.2) is 5.69 Å². The van der Waals surface area contributed by atoms with Gasteiger partial charge in [0.05, 0.1) is 12.8 Å². The number of carbonyl (C=O) groups excluding carboxylic acids is 1. The zero-order chi connectivity index (χ0) is 22.0. The van der Waals surface area contributed by atoms with E-state index in [1.165, 1.54) is 4.68 Å². The van der Waals surface area contributed by atoms with Gasteiger partial charge < -0.3 is 19.4 Å². The van der Waals surface area contributed by atoms with E-state index in [0.717, 1.165) is 10.9 Å². The predicted octanol–water partition coefficient (Wildman–Crippen LogP) is 2.65. The number of hydrogen-bond donors (Lipinski definition) is 1. The van der Waals surface area contributed by atoms with Gasteiger partial charge in [-0.25, -0.2) is 0 Å². The first kappa shape index (κ1) is 20.6. The molecule has 0 unspecified atom stereocenters. The van der Waals surface area contributed by atoms with E-state index in [1.54, 1.807) is 38.5 Å². The van der Waals surface area contributed by atoms with Crippen LogP contribution in [-0.4, -0.2) is 47.6 Å². The van der Waals surface area contributed by atoms with Gasteiger partial charge >= 0.3 is 0 Å². The Balaban J connectivity index is 1.94. The quantitative estimate of drug-likeness (QED) is 0.465. The number of amides is 1. The molecule has 0 aliphatic rings. The van der Waals surface area contributed by atoms with E-state index in [0.29, 0.717) is 41.9 Å². The van der Waals surface area contributed by atoms with Crippen LogP contribution in [0.5, 0.6) is 5.75 Å². The average molecular weight is 420 g/mol. The van der Waals surface area contributed by atoms with Gasteiger partial charge in [-0.05, 0) is 36.8 Å². The van der Waals surface area contributed by atoms with Gasteiger partial charge in [-0.15, -0.1) is 0 Å². The van der Waals surface area contributed by atoms with Crippen molar-refractivity contribution in [1.29, 1.82) is 0 Å². The first-order chi connectivity index (χ1) is 15.1. The molecule has 0 bridgehead atoms. The fourth-order valence-electron chi connectivity index (χ4n) is 3.74. The Morgan fingerprint density at radius 1 is 1.10 bits per heavy atom. The first-order valence-corrected chi connectivity index (χ1v) is 9.99.